The van der Waals surface area contributed by atoms with Gasteiger partial charge in [-0.1, -0.05) is 23.8 Å². The number of nitrogens with zero attached hydrogens (tertiary/aromatic N) is 3. The van der Waals surface area contributed by atoms with E-state index in [1.165, 1.54) is 0 Å². The molecule has 120 valence electrons. The number of anilines is 2. The number of nitrogens with one attached hydrogen (secondary N) is 1. The molecule has 0 radical (unpaired) electrons. The molecule has 2 aromatic heterocycles. The van der Waals surface area contributed by atoms with Gasteiger partial charge in [0.25, 0.3) is 0 Å². The summed E-state index contributed by atoms with van der Waals surface area (Å²) in [5, 5.41) is 3.67. The molecule has 3 rings (SSSR count). The van der Waals surface area contributed by atoms with E-state index in [2.05, 4.69) is 37.9 Å². The molecular weight excluding hydrogens is 450 g/mol. The van der Waals surface area contributed by atoms with Crippen LogP contribution in [0.2, 0.25) is 5.02 Å². The Morgan fingerprint density at radius 3 is 2.83 bits per heavy atom. The lowest BCUT2D eigenvalue weighted by molar-refractivity contribution is 0.364. The van der Waals surface area contributed by atoms with E-state index in [9.17, 15) is 4.39 Å². The molecular formula is C15H13ClFIN4S. The summed E-state index contributed by atoms with van der Waals surface area (Å²) in [6.45, 7) is 1.10. The zero-order valence-corrected chi connectivity index (χ0v) is 15.7. The molecule has 23 heavy (non-hydrogen) atoms. The van der Waals surface area contributed by atoms with Crippen molar-refractivity contribution in [1.29, 1.82) is 0 Å². The van der Waals surface area contributed by atoms with Crippen molar-refractivity contribution in [3.8, 4) is 0 Å². The molecule has 0 amide bonds. The second-order valence-electron chi connectivity index (χ2n) is 5.18. The quantitative estimate of drug-likeness (QED) is 0.550. The van der Waals surface area contributed by atoms with Gasteiger partial charge in [0.05, 0.1) is 15.1 Å². The van der Waals surface area contributed by atoms with Gasteiger partial charge in [-0.25, -0.2) is 14.4 Å². The summed E-state index contributed by atoms with van der Waals surface area (Å²) in [5.41, 5.74) is 0.785. The van der Waals surface area contributed by atoms with Crippen LogP contribution in [0.4, 0.5) is 16.0 Å². The Balaban J connectivity index is 1.70. The van der Waals surface area contributed by atoms with Crippen molar-refractivity contribution in [3.05, 3.63) is 44.7 Å². The van der Waals surface area contributed by atoms with Crippen LogP contribution in [-0.2, 0) is 0 Å². The number of rotatable bonds is 3. The van der Waals surface area contributed by atoms with Crippen molar-refractivity contribution in [3.63, 3.8) is 0 Å². The van der Waals surface area contributed by atoms with Crippen LogP contribution in [0.5, 0.6) is 0 Å². The Hall–Kier alpha value is -1.06. The standard InChI is InChI=1S/C15H13ClFIN4S/c16-10-5-12(18)14(20-7-10)21-15(23)9-1-2-13(19-6-9)22-4-3-11(17)8-22/h1-2,5-7,11H,3-4,8H2,(H,20,21,23)/t11-/m1/s1. The Bertz CT molecular complexity index is 728. The first-order valence-corrected chi connectivity index (χ1v) is 8.87. The number of alkyl halides is 1. The Morgan fingerprint density at radius 1 is 1.39 bits per heavy atom. The van der Waals surface area contributed by atoms with Crippen molar-refractivity contribution in [2.24, 2.45) is 0 Å². The van der Waals surface area contributed by atoms with Crippen LogP contribution < -0.4 is 10.2 Å². The Kier molecular flexibility index (Phi) is 5.27. The topological polar surface area (TPSA) is 41.0 Å². The minimum absolute atomic E-state index is 0.405. The van der Waals surface area contributed by atoms with E-state index in [-0.39, 0.29) is 0 Å². The zero-order valence-electron chi connectivity index (χ0n) is 12.0. The van der Waals surface area contributed by atoms with E-state index in [1.807, 2.05) is 23.1 Å². The highest BCUT2D eigenvalue weighted by Crippen LogP contribution is 2.22. The SMILES string of the molecule is F[C@@H]1CCN(c2ccc(C(=S)Nc3ncc(Cl)cc3I)cn2)C1. The van der Waals surface area contributed by atoms with Gasteiger partial charge in [0.15, 0.2) is 0 Å². The molecule has 0 unspecified atom stereocenters. The number of thiocarbonyl (C=S) groups is 1. The number of halogens is 3. The lowest BCUT2D eigenvalue weighted by Crippen LogP contribution is -2.21. The van der Waals surface area contributed by atoms with Crippen LogP contribution >= 0.6 is 46.4 Å². The van der Waals surface area contributed by atoms with Crippen molar-refractivity contribution < 1.29 is 4.39 Å². The van der Waals surface area contributed by atoms with Crippen LogP contribution in [0.15, 0.2) is 30.6 Å². The van der Waals surface area contributed by atoms with E-state index in [0.717, 1.165) is 15.0 Å². The molecule has 0 aromatic carbocycles. The summed E-state index contributed by atoms with van der Waals surface area (Å²) in [4.78, 5) is 11.1. The fourth-order valence-electron chi connectivity index (χ4n) is 2.32. The fourth-order valence-corrected chi connectivity index (χ4v) is 3.49. The summed E-state index contributed by atoms with van der Waals surface area (Å²) in [6, 6.07) is 5.55. The van der Waals surface area contributed by atoms with Crippen LogP contribution in [-0.4, -0.2) is 34.2 Å². The number of pyridine rings is 2. The number of hydrogen-bond acceptors (Lipinski definition) is 4. The maximum absolute atomic E-state index is 13.3. The molecule has 1 fully saturated rings. The summed E-state index contributed by atoms with van der Waals surface area (Å²) in [5.74, 6) is 1.43. The Morgan fingerprint density at radius 2 is 2.22 bits per heavy atom. The van der Waals surface area contributed by atoms with E-state index in [1.54, 1.807) is 12.4 Å². The highest BCUT2D eigenvalue weighted by Gasteiger charge is 2.22. The molecule has 3 heterocycles. The lowest BCUT2D eigenvalue weighted by Gasteiger charge is -2.16. The zero-order chi connectivity index (χ0) is 16.4. The molecule has 0 bridgehead atoms. The minimum Gasteiger partial charge on any atom is -0.354 e. The van der Waals surface area contributed by atoms with E-state index >= 15 is 0 Å². The molecule has 0 spiro atoms. The third-order valence-corrected chi connectivity index (χ3v) is 4.87. The summed E-state index contributed by atoms with van der Waals surface area (Å²) in [7, 11) is 0. The van der Waals surface area contributed by atoms with Gasteiger partial charge in [0, 0.05) is 24.5 Å². The van der Waals surface area contributed by atoms with Crippen LogP contribution in [0, 0.1) is 3.57 Å². The van der Waals surface area contributed by atoms with E-state index < -0.39 is 6.17 Å². The normalized spacial score (nSPS) is 17.3. The minimum atomic E-state index is -0.766. The molecule has 1 N–H and O–H groups in total. The van der Waals surface area contributed by atoms with Gasteiger partial charge >= 0.3 is 0 Å². The van der Waals surface area contributed by atoms with Gasteiger partial charge < -0.3 is 10.2 Å². The van der Waals surface area contributed by atoms with Gasteiger partial charge in [-0.2, -0.15) is 0 Å². The maximum Gasteiger partial charge on any atom is 0.144 e. The monoisotopic (exact) mass is 462 g/mol. The van der Waals surface area contributed by atoms with Crippen molar-refractivity contribution in [2.45, 2.75) is 12.6 Å². The van der Waals surface area contributed by atoms with Crippen molar-refractivity contribution in [2.75, 3.05) is 23.3 Å². The highest BCUT2D eigenvalue weighted by atomic mass is 127. The van der Waals surface area contributed by atoms with E-state index in [4.69, 9.17) is 23.8 Å². The van der Waals surface area contributed by atoms with Crippen molar-refractivity contribution in [1.82, 2.24) is 9.97 Å². The molecule has 4 nitrogen and oxygen atoms in total. The number of aromatic nitrogens is 2. The second-order valence-corrected chi connectivity index (χ2v) is 7.18. The fraction of sp³-hybridized carbons (Fsp3) is 0.267. The average Bonchev–Trinajstić information content (AvgIpc) is 2.97. The van der Waals surface area contributed by atoms with Gasteiger partial charge in [0.1, 0.15) is 22.8 Å². The predicted octanol–water partition coefficient (Wildman–Crippen LogP) is 4.07. The van der Waals surface area contributed by atoms with Crippen LogP contribution in [0.3, 0.4) is 0 Å². The first-order chi connectivity index (χ1) is 11.0. The Labute approximate surface area is 157 Å². The van der Waals surface area contributed by atoms with Gasteiger partial charge in [-0.3, -0.25) is 0 Å². The molecule has 8 heteroatoms. The largest absolute Gasteiger partial charge is 0.354 e. The van der Waals surface area contributed by atoms with Gasteiger partial charge in [-0.15, -0.1) is 0 Å². The highest BCUT2D eigenvalue weighted by molar-refractivity contribution is 14.1. The smallest absolute Gasteiger partial charge is 0.144 e. The molecule has 1 saturated heterocycles. The molecule has 0 aliphatic carbocycles. The summed E-state index contributed by atoms with van der Waals surface area (Å²) < 4.78 is 14.1. The van der Waals surface area contributed by atoms with Gasteiger partial charge in [0.2, 0.25) is 0 Å². The summed E-state index contributed by atoms with van der Waals surface area (Å²) in [6.07, 6.45) is 3.05. The lowest BCUT2D eigenvalue weighted by atomic mass is 10.2. The summed E-state index contributed by atoms with van der Waals surface area (Å²) >= 11 is 13.4. The second kappa shape index (κ2) is 7.23. The van der Waals surface area contributed by atoms with Gasteiger partial charge in [-0.05, 0) is 47.2 Å². The molecule has 1 aliphatic heterocycles. The number of hydrogen-bond donors (Lipinski definition) is 1. The predicted molar refractivity (Wildman–Crippen MR) is 103 cm³/mol. The third kappa shape index (κ3) is 4.07. The first-order valence-electron chi connectivity index (χ1n) is 7.00. The first kappa shape index (κ1) is 16.8. The van der Waals surface area contributed by atoms with E-state index in [0.29, 0.717) is 35.3 Å². The molecule has 1 atom stereocenters. The molecule has 0 saturated carbocycles. The van der Waals surface area contributed by atoms with Crippen molar-refractivity contribution >= 4 is 63.0 Å². The molecule has 1 aliphatic rings. The maximum atomic E-state index is 13.3. The molecule has 2 aromatic rings. The average molecular weight is 463 g/mol. The van der Waals surface area contributed by atoms with Crippen LogP contribution in [0.25, 0.3) is 0 Å². The third-order valence-electron chi connectivity index (χ3n) is 3.50. The van der Waals surface area contributed by atoms with Crippen LogP contribution in [0.1, 0.15) is 12.0 Å².